The van der Waals surface area contributed by atoms with E-state index >= 15 is 0 Å². The molecule has 1 amide bonds. The summed E-state index contributed by atoms with van der Waals surface area (Å²) in [4.78, 5) is 14.1. The SMILES string of the molecule is CC(=O)N(CCC(Cc1ccccc1)C1CCOC(C)(C)C1)Cc1ccco1. The third-order valence-corrected chi connectivity index (χ3v) is 5.88. The highest BCUT2D eigenvalue weighted by Crippen LogP contribution is 2.36. The molecule has 0 spiro atoms. The maximum Gasteiger partial charge on any atom is 0.219 e. The summed E-state index contributed by atoms with van der Waals surface area (Å²) < 4.78 is 11.4. The van der Waals surface area contributed by atoms with Crippen LogP contribution in [0.1, 0.15) is 51.4 Å². The fourth-order valence-electron chi connectivity index (χ4n) is 4.36. The molecule has 152 valence electrons. The molecule has 0 saturated carbocycles. The Balaban J connectivity index is 1.69. The van der Waals surface area contributed by atoms with Gasteiger partial charge in [0.25, 0.3) is 0 Å². The summed E-state index contributed by atoms with van der Waals surface area (Å²) in [5, 5.41) is 0. The van der Waals surface area contributed by atoms with Crippen LogP contribution < -0.4 is 0 Å². The number of hydrogen-bond acceptors (Lipinski definition) is 3. The van der Waals surface area contributed by atoms with Gasteiger partial charge in [0.15, 0.2) is 0 Å². The molecule has 2 unspecified atom stereocenters. The lowest BCUT2D eigenvalue weighted by Crippen LogP contribution is -2.38. The van der Waals surface area contributed by atoms with Gasteiger partial charge in [-0.2, -0.15) is 0 Å². The quantitative estimate of drug-likeness (QED) is 0.638. The Bertz CT molecular complexity index is 724. The van der Waals surface area contributed by atoms with Crippen LogP contribution in [0.2, 0.25) is 0 Å². The monoisotopic (exact) mass is 383 g/mol. The standard InChI is InChI=1S/C24H33NO3/c1-19(26)25(18-23-10-7-14-27-23)13-11-21(16-20-8-5-4-6-9-20)22-12-15-28-24(2,3)17-22/h4-10,14,21-22H,11-13,15-18H2,1-3H3. The third-order valence-electron chi connectivity index (χ3n) is 5.88. The first kappa shape index (κ1) is 20.7. The molecule has 0 N–H and O–H groups in total. The Labute approximate surface area is 168 Å². The van der Waals surface area contributed by atoms with E-state index in [0.29, 0.717) is 18.4 Å². The number of carbonyl (C=O) groups is 1. The summed E-state index contributed by atoms with van der Waals surface area (Å²) in [7, 11) is 0. The van der Waals surface area contributed by atoms with Crippen molar-refractivity contribution < 1.29 is 13.9 Å². The van der Waals surface area contributed by atoms with Crippen LogP contribution in [0.15, 0.2) is 53.1 Å². The van der Waals surface area contributed by atoms with E-state index in [4.69, 9.17) is 9.15 Å². The van der Waals surface area contributed by atoms with Crippen LogP contribution in [0, 0.1) is 11.8 Å². The van der Waals surface area contributed by atoms with E-state index in [1.54, 1.807) is 13.2 Å². The minimum Gasteiger partial charge on any atom is -0.467 e. The lowest BCUT2D eigenvalue weighted by Gasteiger charge is -2.40. The maximum absolute atomic E-state index is 12.2. The number of nitrogens with zero attached hydrogens (tertiary/aromatic N) is 1. The normalized spacial score (nSPS) is 19.9. The van der Waals surface area contributed by atoms with Crippen LogP contribution in [0.3, 0.4) is 0 Å². The minimum atomic E-state index is -0.0632. The van der Waals surface area contributed by atoms with E-state index in [1.165, 1.54) is 5.56 Å². The smallest absolute Gasteiger partial charge is 0.219 e. The van der Waals surface area contributed by atoms with Crippen molar-refractivity contribution in [3.8, 4) is 0 Å². The average molecular weight is 384 g/mol. The highest BCUT2D eigenvalue weighted by Gasteiger charge is 2.33. The number of ether oxygens (including phenoxy) is 1. The fraction of sp³-hybridized carbons (Fsp3) is 0.542. The van der Waals surface area contributed by atoms with E-state index < -0.39 is 0 Å². The van der Waals surface area contributed by atoms with E-state index in [1.807, 2.05) is 17.0 Å². The molecular formula is C24H33NO3. The van der Waals surface area contributed by atoms with Crippen LogP contribution in [-0.4, -0.2) is 29.6 Å². The average Bonchev–Trinajstić information content (AvgIpc) is 3.17. The molecule has 2 heterocycles. The summed E-state index contributed by atoms with van der Waals surface area (Å²) in [6.45, 7) is 8.15. The fourth-order valence-corrected chi connectivity index (χ4v) is 4.36. The Hall–Kier alpha value is -2.07. The molecule has 0 radical (unpaired) electrons. The molecule has 1 aliphatic rings. The topological polar surface area (TPSA) is 42.7 Å². The van der Waals surface area contributed by atoms with Crippen molar-refractivity contribution >= 4 is 5.91 Å². The Morgan fingerprint density at radius 2 is 2.00 bits per heavy atom. The molecule has 1 aromatic heterocycles. The first-order chi connectivity index (χ1) is 13.4. The first-order valence-corrected chi connectivity index (χ1v) is 10.4. The van der Waals surface area contributed by atoms with Crippen molar-refractivity contribution in [2.24, 2.45) is 11.8 Å². The molecule has 0 bridgehead atoms. The van der Waals surface area contributed by atoms with Gasteiger partial charge in [-0.1, -0.05) is 30.3 Å². The zero-order valence-electron chi connectivity index (χ0n) is 17.4. The second-order valence-electron chi connectivity index (χ2n) is 8.62. The lowest BCUT2D eigenvalue weighted by atomic mass is 9.75. The van der Waals surface area contributed by atoms with Gasteiger partial charge in [0, 0.05) is 20.1 Å². The van der Waals surface area contributed by atoms with E-state index in [2.05, 4.69) is 44.2 Å². The largest absolute Gasteiger partial charge is 0.467 e. The molecule has 3 rings (SSSR count). The van der Waals surface area contributed by atoms with Crippen molar-refractivity contribution in [3.05, 3.63) is 60.1 Å². The number of benzene rings is 1. The Morgan fingerprint density at radius 3 is 2.64 bits per heavy atom. The van der Waals surface area contributed by atoms with Gasteiger partial charge in [-0.3, -0.25) is 4.79 Å². The number of carbonyl (C=O) groups excluding carboxylic acids is 1. The number of amides is 1. The first-order valence-electron chi connectivity index (χ1n) is 10.4. The summed E-state index contributed by atoms with van der Waals surface area (Å²) in [6.07, 6.45) is 5.88. The van der Waals surface area contributed by atoms with E-state index in [-0.39, 0.29) is 11.5 Å². The predicted octanol–water partition coefficient (Wildman–Crippen LogP) is 5.08. The molecule has 0 aliphatic carbocycles. The van der Waals surface area contributed by atoms with Crippen molar-refractivity contribution in [1.29, 1.82) is 0 Å². The zero-order chi connectivity index (χ0) is 20.0. The van der Waals surface area contributed by atoms with Crippen molar-refractivity contribution in [1.82, 2.24) is 4.90 Å². The molecule has 2 aromatic rings. The molecule has 1 aromatic carbocycles. The predicted molar refractivity (Wildman–Crippen MR) is 111 cm³/mol. The summed E-state index contributed by atoms with van der Waals surface area (Å²) in [6, 6.07) is 14.5. The number of furan rings is 1. The number of rotatable bonds is 8. The minimum absolute atomic E-state index is 0.0632. The van der Waals surface area contributed by atoms with Crippen molar-refractivity contribution in [3.63, 3.8) is 0 Å². The van der Waals surface area contributed by atoms with Gasteiger partial charge in [0.1, 0.15) is 5.76 Å². The zero-order valence-corrected chi connectivity index (χ0v) is 17.4. The van der Waals surface area contributed by atoms with Gasteiger partial charge < -0.3 is 14.1 Å². The van der Waals surface area contributed by atoms with Gasteiger partial charge in [0.2, 0.25) is 5.91 Å². The van der Waals surface area contributed by atoms with Gasteiger partial charge in [-0.15, -0.1) is 0 Å². The van der Waals surface area contributed by atoms with E-state index in [9.17, 15) is 4.79 Å². The van der Waals surface area contributed by atoms with Gasteiger partial charge in [0.05, 0.1) is 18.4 Å². The summed E-state index contributed by atoms with van der Waals surface area (Å²) >= 11 is 0. The van der Waals surface area contributed by atoms with Gasteiger partial charge in [-0.05, 0) is 69.1 Å². The van der Waals surface area contributed by atoms with Gasteiger partial charge >= 0.3 is 0 Å². The van der Waals surface area contributed by atoms with Gasteiger partial charge in [-0.25, -0.2) is 0 Å². The molecule has 1 fully saturated rings. The molecule has 1 saturated heterocycles. The lowest BCUT2D eigenvalue weighted by molar-refractivity contribution is -0.130. The Morgan fingerprint density at radius 1 is 1.21 bits per heavy atom. The second kappa shape index (κ2) is 9.42. The second-order valence-corrected chi connectivity index (χ2v) is 8.62. The Kier molecular flexibility index (Phi) is 6.95. The van der Waals surface area contributed by atoms with E-state index in [0.717, 1.165) is 44.6 Å². The van der Waals surface area contributed by atoms with Crippen molar-refractivity contribution in [2.45, 2.75) is 58.6 Å². The maximum atomic E-state index is 12.2. The molecular weight excluding hydrogens is 350 g/mol. The highest BCUT2D eigenvalue weighted by molar-refractivity contribution is 5.73. The molecule has 1 aliphatic heterocycles. The van der Waals surface area contributed by atoms with Crippen LogP contribution in [-0.2, 0) is 22.5 Å². The highest BCUT2D eigenvalue weighted by atomic mass is 16.5. The summed E-state index contributed by atoms with van der Waals surface area (Å²) in [5.41, 5.74) is 1.31. The van der Waals surface area contributed by atoms with Crippen LogP contribution in [0.5, 0.6) is 0 Å². The molecule has 2 atom stereocenters. The van der Waals surface area contributed by atoms with Crippen LogP contribution >= 0.6 is 0 Å². The molecule has 4 heteroatoms. The van der Waals surface area contributed by atoms with Crippen LogP contribution in [0.25, 0.3) is 0 Å². The van der Waals surface area contributed by atoms with Crippen molar-refractivity contribution in [2.75, 3.05) is 13.2 Å². The number of hydrogen-bond donors (Lipinski definition) is 0. The molecule has 28 heavy (non-hydrogen) atoms. The third kappa shape index (κ3) is 5.96. The molecule has 4 nitrogen and oxygen atoms in total. The van der Waals surface area contributed by atoms with Crippen LogP contribution in [0.4, 0.5) is 0 Å². The summed E-state index contributed by atoms with van der Waals surface area (Å²) in [5.74, 6) is 2.08.